The topological polar surface area (TPSA) is 52.9 Å². The lowest BCUT2D eigenvalue weighted by Crippen LogP contribution is -2.41. The maximum absolute atomic E-state index is 10.2. The van der Waals surface area contributed by atoms with Crippen LogP contribution in [0.3, 0.4) is 0 Å². The predicted molar refractivity (Wildman–Crippen MR) is 88.1 cm³/mol. The molecule has 1 saturated carbocycles. The summed E-state index contributed by atoms with van der Waals surface area (Å²) in [5, 5.41) is 19.4. The van der Waals surface area contributed by atoms with Crippen LogP contribution in [-0.2, 0) is 0 Å². The van der Waals surface area contributed by atoms with E-state index in [-0.39, 0.29) is 0 Å². The van der Waals surface area contributed by atoms with Gasteiger partial charge in [0.15, 0.2) is 0 Å². The van der Waals surface area contributed by atoms with Gasteiger partial charge in [-0.25, -0.2) is 0 Å². The Morgan fingerprint density at radius 3 is 2.55 bits per heavy atom. The van der Waals surface area contributed by atoms with Crippen molar-refractivity contribution in [2.45, 2.75) is 44.8 Å². The third-order valence-corrected chi connectivity index (χ3v) is 4.72. The van der Waals surface area contributed by atoms with E-state index >= 15 is 0 Å². The van der Waals surface area contributed by atoms with Crippen molar-refractivity contribution in [3.8, 4) is 5.75 Å². The van der Waals surface area contributed by atoms with Gasteiger partial charge in [-0.05, 0) is 57.2 Å². The minimum Gasteiger partial charge on any atom is -0.491 e. The summed E-state index contributed by atoms with van der Waals surface area (Å²) in [6.45, 7) is 3.26. The van der Waals surface area contributed by atoms with Gasteiger partial charge < -0.3 is 19.8 Å². The van der Waals surface area contributed by atoms with Gasteiger partial charge in [0.25, 0.3) is 0 Å². The molecular formula is C18H29NO3. The first-order chi connectivity index (χ1) is 10.6. The number of nitrogens with zero attached hydrogens (tertiary/aromatic N) is 1. The number of aliphatic hydroxyl groups is 2. The van der Waals surface area contributed by atoms with Crippen molar-refractivity contribution in [2.75, 3.05) is 26.8 Å². The molecule has 1 aromatic carbocycles. The molecule has 22 heavy (non-hydrogen) atoms. The number of aliphatic hydroxyl groups excluding tert-OH is 2. The highest BCUT2D eigenvalue weighted by Crippen LogP contribution is 2.26. The van der Waals surface area contributed by atoms with Gasteiger partial charge in [0.2, 0.25) is 0 Å². The van der Waals surface area contributed by atoms with Crippen LogP contribution in [0.15, 0.2) is 24.3 Å². The number of para-hydroxylation sites is 1. The molecule has 0 spiro atoms. The van der Waals surface area contributed by atoms with Crippen LogP contribution >= 0.6 is 0 Å². The lowest BCUT2D eigenvalue weighted by Gasteiger charge is -2.35. The van der Waals surface area contributed by atoms with Crippen LogP contribution < -0.4 is 4.74 Å². The Morgan fingerprint density at radius 1 is 1.23 bits per heavy atom. The summed E-state index contributed by atoms with van der Waals surface area (Å²) in [6.07, 6.45) is 3.89. The van der Waals surface area contributed by atoms with Crippen LogP contribution in [0.2, 0.25) is 0 Å². The molecule has 4 heteroatoms. The molecule has 2 N–H and O–H groups in total. The second-order valence-electron chi connectivity index (χ2n) is 6.53. The summed E-state index contributed by atoms with van der Waals surface area (Å²) in [4.78, 5) is 2.24. The summed E-state index contributed by atoms with van der Waals surface area (Å²) in [5.74, 6) is 1.31. The van der Waals surface area contributed by atoms with E-state index in [2.05, 4.69) is 11.9 Å². The number of benzene rings is 1. The first-order valence-corrected chi connectivity index (χ1v) is 8.27. The Morgan fingerprint density at radius 2 is 1.91 bits per heavy atom. The van der Waals surface area contributed by atoms with Crippen molar-refractivity contribution in [3.05, 3.63) is 29.8 Å². The molecule has 1 aliphatic rings. The van der Waals surface area contributed by atoms with Crippen molar-refractivity contribution in [2.24, 2.45) is 5.92 Å². The van der Waals surface area contributed by atoms with Crippen LogP contribution in [0.4, 0.5) is 0 Å². The highest BCUT2D eigenvalue weighted by molar-refractivity contribution is 5.31. The molecule has 1 aromatic rings. The molecule has 1 unspecified atom stereocenters. The molecule has 0 radical (unpaired) electrons. The first kappa shape index (κ1) is 17.3. The standard InChI is InChI=1S/C18H29NO3/c1-14-5-3-4-6-18(14)22-13-17(21)11-19(2)16-9-7-15(12-20)8-10-16/h3-6,15-17,20-21H,7-13H2,1-2H3. The molecule has 0 bridgehead atoms. The number of rotatable bonds is 7. The molecule has 0 heterocycles. The molecule has 1 aliphatic carbocycles. The molecule has 1 atom stereocenters. The highest BCUT2D eigenvalue weighted by Gasteiger charge is 2.24. The average molecular weight is 307 g/mol. The Hall–Kier alpha value is -1.10. The fraction of sp³-hybridized carbons (Fsp3) is 0.667. The van der Waals surface area contributed by atoms with Gasteiger partial charge >= 0.3 is 0 Å². The second kappa shape index (κ2) is 8.51. The number of likely N-dealkylation sites (N-methyl/N-ethyl adjacent to an activating group) is 1. The largest absolute Gasteiger partial charge is 0.491 e. The van der Waals surface area contributed by atoms with Gasteiger partial charge in [0, 0.05) is 19.2 Å². The van der Waals surface area contributed by atoms with Gasteiger partial charge in [-0.2, -0.15) is 0 Å². The summed E-state index contributed by atoms with van der Waals surface area (Å²) >= 11 is 0. The SMILES string of the molecule is Cc1ccccc1OCC(O)CN(C)C1CCC(CO)CC1. The first-order valence-electron chi connectivity index (χ1n) is 8.27. The third kappa shape index (κ3) is 4.97. The predicted octanol–water partition coefficient (Wildman–Crippen LogP) is 2.22. The van der Waals surface area contributed by atoms with Crippen molar-refractivity contribution in [1.29, 1.82) is 0 Å². The quantitative estimate of drug-likeness (QED) is 0.811. The molecule has 0 saturated heterocycles. The highest BCUT2D eigenvalue weighted by atomic mass is 16.5. The van der Waals surface area contributed by atoms with Crippen LogP contribution in [0.1, 0.15) is 31.2 Å². The average Bonchev–Trinajstić information content (AvgIpc) is 2.54. The molecule has 1 fully saturated rings. The molecular weight excluding hydrogens is 278 g/mol. The second-order valence-corrected chi connectivity index (χ2v) is 6.53. The van der Waals surface area contributed by atoms with Crippen molar-refractivity contribution >= 4 is 0 Å². The number of aryl methyl sites for hydroxylation is 1. The summed E-state index contributed by atoms with van der Waals surface area (Å²) in [7, 11) is 2.07. The summed E-state index contributed by atoms with van der Waals surface area (Å²) < 4.78 is 5.71. The maximum Gasteiger partial charge on any atom is 0.122 e. The van der Waals surface area contributed by atoms with E-state index in [9.17, 15) is 10.2 Å². The van der Waals surface area contributed by atoms with E-state index in [1.807, 2.05) is 31.2 Å². The number of ether oxygens (including phenoxy) is 1. The van der Waals surface area contributed by atoms with Gasteiger partial charge in [0.05, 0.1) is 0 Å². The lowest BCUT2D eigenvalue weighted by atomic mass is 9.86. The van der Waals surface area contributed by atoms with Gasteiger partial charge in [0.1, 0.15) is 18.5 Å². The van der Waals surface area contributed by atoms with E-state index in [1.165, 1.54) is 0 Å². The third-order valence-electron chi connectivity index (χ3n) is 4.72. The fourth-order valence-corrected chi connectivity index (χ4v) is 3.21. The zero-order valence-electron chi connectivity index (χ0n) is 13.7. The normalized spacial score (nSPS) is 23.5. The van der Waals surface area contributed by atoms with E-state index < -0.39 is 6.10 Å². The van der Waals surface area contributed by atoms with E-state index in [1.54, 1.807) is 0 Å². The van der Waals surface area contributed by atoms with Crippen LogP contribution in [0, 0.1) is 12.8 Å². The maximum atomic E-state index is 10.2. The zero-order chi connectivity index (χ0) is 15.9. The lowest BCUT2D eigenvalue weighted by molar-refractivity contribution is 0.0487. The van der Waals surface area contributed by atoms with Crippen molar-refractivity contribution < 1.29 is 14.9 Å². The van der Waals surface area contributed by atoms with Crippen molar-refractivity contribution in [3.63, 3.8) is 0 Å². The van der Waals surface area contributed by atoms with E-state index in [0.717, 1.165) is 37.0 Å². The molecule has 0 amide bonds. The monoisotopic (exact) mass is 307 g/mol. The summed E-state index contributed by atoms with van der Waals surface area (Å²) in [5.41, 5.74) is 1.09. The van der Waals surface area contributed by atoms with Crippen LogP contribution in [0.5, 0.6) is 5.75 Å². The summed E-state index contributed by atoms with van der Waals surface area (Å²) in [6, 6.07) is 8.38. The van der Waals surface area contributed by atoms with Crippen LogP contribution in [-0.4, -0.2) is 54.1 Å². The Bertz CT molecular complexity index is 444. The zero-order valence-corrected chi connectivity index (χ0v) is 13.7. The van der Waals surface area contributed by atoms with E-state index in [4.69, 9.17) is 4.74 Å². The minimum absolute atomic E-state index is 0.309. The molecule has 0 aliphatic heterocycles. The van der Waals surface area contributed by atoms with Gasteiger partial charge in [-0.3, -0.25) is 0 Å². The molecule has 4 nitrogen and oxygen atoms in total. The minimum atomic E-state index is -0.486. The smallest absolute Gasteiger partial charge is 0.122 e. The Kier molecular flexibility index (Phi) is 6.68. The Labute approximate surface area is 133 Å². The van der Waals surface area contributed by atoms with Gasteiger partial charge in [-0.1, -0.05) is 18.2 Å². The van der Waals surface area contributed by atoms with Crippen molar-refractivity contribution in [1.82, 2.24) is 4.90 Å². The van der Waals surface area contributed by atoms with Gasteiger partial charge in [-0.15, -0.1) is 0 Å². The van der Waals surface area contributed by atoms with Crippen LogP contribution in [0.25, 0.3) is 0 Å². The Balaban J connectivity index is 1.72. The number of hydrogen-bond acceptors (Lipinski definition) is 4. The number of hydrogen-bond donors (Lipinski definition) is 2. The molecule has 0 aromatic heterocycles. The molecule has 124 valence electrons. The van der Waals surface area contributed by atoms with E-state index in [0.29, 0.717) is 31.7 Å². The fourth-order valence-electron chi connectivity index (χ4n) is 3.21. The molecule has 2 rings (SSSR count).